The number of ketones is 1. The van der Waals surface area contributed by atoms with Crippen LogP contribution in [0.3, 0.4) is 0 Å². The molecular formula is C22H26N2O4. The predicted octanol–water partition coefficient (Wildman–Crippen LogP) is 2.58. The summed E-state index contributed by atoms with van der Waals surface area (Å²) in [4.78, 5) is 35.6. The van der Waals surface area contributed by atoms with Gasteiger partial charge in [-0.15, -0.1) is 0 Å². The number of hydrogen-bond acceptors (Lipinski definition) is 4. The first kappa shape index (κ1) is 21.2. The summed E-state index contributed by atoms with van der Waals surface area (Å²) < 4.78 is 5.38. The maximum Gasteiger partial charge on any atom is 0.258 e. The van der Waals surface area contributed by atoms with E-state index in [4.69, 9.17) is 4.74 Å². The van der Waals surface area contributed by atoms with Crippen molar-refractivity contribution in [3.8, 4) is 5.75 Å². The number of amides is 2. The molecule has 0 unspecified atom stereocenters. The largest absolute Gasteiger partial charge is 0.484 e. The topological polar surface area (TPSA) is 84.5 Å². The lowest BCUT2D eigenvalue weighted by Crippen LogP contribution is -2.36. The first-order valence-electron chi connectivity index (χ1n) is 9.27. The number of carbonyl (C=O) groups is 3. The van der Waals surface area contributed by atoms with Crippen LogP contribution in [0.2, 0.25) is 0 Å². The fourth-order valence-corrected chi connectivity index (χ4v) is 2.44. The summed E-state index contributed by atoms with van der Waals surface area (Å²) in [5, 5.41) is 5.36. The molecule has 28 heavy (non-hydrogen) atoms. The lowest BCUT2D eigenvalue weighted by atomic mass is 10.1. The number of benzene rings is 2. The van der Waals surface area contributed by atoms with Crippen molar-refractivity contribution in [1.82, 2.24) is 10.6 Å². The Morgan fingerprint density at radius 1 is 0.750 bits per heavy atom. The van der Waals surface area contributed by atoms with E-state index in [1.165, 1.54) is 0 Å². The lowest BCUT2D eigenvalue weighted by molar-refractivity contribution is -0.124. The molecule has 6 heteroatoms. The molecule has 148 valence electrons. The lowest BCUT2D eigenvalue weighted by Gasteiger charge is -2.09. The second kappa shape index (κ2) is 10.9. The number of Topliss-reactive ketones (excluding diaryl/α,β-unsaturated/α-hetero) is 1. The summed E-state index contributed by atoms with van der Waals surface area (Å²) in [5.74, 6) is 0.0963. The van der Waals surface area contributed by atoms with Gasteiger partial charge in [0.25, 0.3) is 5.91 Å². The van der Waals surface area contributed by atoms with Crippen molar-refractivity contribution in [1.29, 1.82) is 0 Å². The molecule has 6 nitrogen and oxygen atoms in total. The molecule has 0 aliphatic heterocycles. The van der Waals surface area contributed by atoms with Crippen LogP contribution in [0, 0.1) is 13.8 Å². The van der Waals surface area contributed by atoms with E-state index >= 15 is 0 Å². The Hall–Kier alpha value is -3.15. The number of hydrogen-bond donors (Lipinski definition) is 2. The molecule has 0 aromatic heterocycles. The van der Waals surface area contributed by atoms with Gasteiger partial charge in [-0.3, -0.25) is 14.4 Å². The zero-order valence-corrected chi connectivity index (χ0v) is 16.3. The predicted molar refractivity (Wildman–Crippen MR) is 107 cm³/mol. The van der Waals surface area contributed by atoms with Crippen molar-refractivity contribution in [2.24, 2.45) is 0 Å². The van der Waals surface area contributed by atoms with Crippen molar-refractivity contribution in [2.75, 3.05) is 19.7 Å². The summed E-state index contributed by atoms with van der Waals surface area (Å²) in [6.07, 6.45) is 0.281. The van der Waals surface area contributed by atoms with E-state index in [0.717, 1.165) is 11.1 Å². The molecule has 2 amide bonds. The van der Waals surface area contributed by atoms with Gasteiger partial charge in [-0.2, -0.15) is 0 Å². The smallest absolute Gasteiger partial charge is 0.258 e. The number of carbonyl (C=O) groups excluding carboxylic acids is 3. The Morgan fingerprint density at radius 2 is 1.29 bits per heavy atom. The zero-order valence-electron chi connectivity index (χ0n) is 16.3. The summed E-state index contributed by atoms with van der Waals surface area (Å²) in [5.41, 5.74) is 2.81. The molecule has 0 aliphatic carbocycles. The molecule has 2 aromatic carbocycles. The van der Waals surface area contributed by atoms with Crippen molar-refractivity contribution in [2.45, 2.75) is 26.7 Å². The van der Waals surface area contributed by atoms with Crippen LogP contribution in [0.4, 0.5) is 0 Å². The molecule has 0 spiro atoms. The molecule has 0 saturated carbocycles. The summed E-state index contributed by atoms with van der Waals surface area (Å²) in [6.45, 7) is 4.45. The minimum atomic E-state index is -0.260. The summed E-state index contributed by atoms with van der Waals surface area (Å²) in [7, 11) is 0. The third-order valence-electron chi connectivity index (χ3n) is 4.11. The minimum absolute atomic E-state index is 0.0586. The van der Waals surface area contributed by atoms with Crippen LogP contribution in [0.15, 0.2) is 48.5 Å². The van der Waals surface area contributed by atoms with Gasteiger partial charge in [-0.1, -0.05) is 47.5 Å². The molecule has 2 aromatic rings. The second-order valence-electron chi connectivity index (χ2n) is 6.59. The van der Waals surface area contributed by atoms with Crippen molar-refractivity contribution < 1.29 is 19.1 Å². The third-order valence-corrected chi connectivity index (χ3v) is 4.11. The standard InChI is InChI=1S/C22H26N2O4/c1-16-3-7-18(8-4-16)20(25)11-12-21(26)23-13-14-24-22(27)15-28-19-9-5-17(2)6-10-19/h3-10H,11-15H2,1-2H3,(H,23,26)(H,24,27). The molecule has 0 bridgehead atoms. The molecule has 2 rings (SSSR count). The molecule has 0 atom stereocenters. The summed E-state index contributed by atoms with van der Waals surface area (Å²) >= 11 is 0. The van der Waals surface area contributed by atoms with Crippen molar-refractivity contribution in [3.63, 3.8) is 0 Å². The van der Waals surface area contributed by atoms with Crippen LogP contribution in [0.1, 0.15) is 34.3 Å². The third kappa shape index (κ3) is 7.61. The fraction of sp³-hybridized carbons (Fsp3) is 0.318. The number of rotatable bonds is 10. The monoisotopic (exact) mass is 382 g/mol. The molecule has 2 N–H and O–H groups in total. The maximum absolute atomic E-state index is 12.0. The highest BCUT2D eigenvalue weighted by atomic mass is 16.5. The zero-order chi connectivity index (χ0) is 20.4. The first-order chi connectivity index (χ1) is 13.4. The van der Waals surface area contributed by atoms with Crippen LogP contribution < -0.4 is 15.4 Å². The van der Waals surface area contributed by atoms with Gasteiger partial charge in [0.05, 0.1) is 0 Å². The highest BCUT2D eigenvalue weighted by Gasteiger charge is 2.09. The quantitative estimate of drug-likeness (QED) is 0.489. The van der Waals surface area contributed by atoms with Crippen LogP contribution in [0.5, 0.6) is 5.75 Å². The molecule has 0 radical (unpaired) electrons. The molecule has 0 heterocycles. The maximum atomic E-state index is 12.0. The highest BCUT2D eigenvalue weighted by molar-refractivity contribution is 5.97. The normalized spacial score (nSPS) is 10.2. The minimum Gasteiger partial charge on any atom is -0.484 e. The first-order valence-corrected chi connectivity index (χ1v) is 9.27. The molecule has 0 fully saturated rings. The Labute approximate surface area is 165 Å². The van der Waals surface area contributed by atoms with Gasteiger partial charge in [0.15, 0.2) is 12.4 Å². The fourth-order valence-electron chi connectivity index (χ4n) is 2.44. The Balaban J connectivity index is 1.56. The van der Waals surface area contributed by atoms with E-state index in [-0.39, 0.29) is 37.0 Å². The van der Waals surface area contributed by atoms with Gasteiger partial charge in [0.1, 0.15) is 5.75 Å². The SMILES string of the molecule is Cc1ccc(OCC(=O)NCCNC(=O)CCC(=O)c2ccc(C)cc2)cc1. The van der Waals surface area contributed by atoms with Crippen molar-refractivity contribution >= 4 is 17.6 Å². The van der Waals surface area contributed by atoms with Crippen LogP contribution in [-0.4, -0.2) is 37.3 Å². The van der Waals surface area contributed by atoms with E-state index in [1.807, 2.05) is 38.1 Å². The number of nitrogens with one attached hydrogen (secondary N) is 2. The van der Waals surface area contributed by atoms with Crippen LogP contribution >= 0.6 is 0 Å². The molecule has 0 aliphatic rings. The van der Waals surface area contributed by atoms with Gasteiger partial charge in [-0.05, 0) is 26.0 Å². The van der Waals surface area contributed by atoms with Gasteiger partial charge in [0, 0.05) is 31.5 Å². The van der Waals surface area contributed by atoms with Gasteiger partial charge < -0.3 is 15.4 Å². The molecular weight excluding hydrogens is 356 g/mol. The van der Waals surface area contributed by atoms with E-state index in [1.54, 1.807) is 24.3 Å². The van der Waals surface area contributed by atoms with Crippen molar-refractivity contribution in [3.05, 3.63) is 65.2 Å². The van der Waals surface area contributed by atoms with E-state index < -0.39 is 0 Å². The van der Waals surface area contributed by atoms with E-state index in [0.29, 0.717) is 24.4 Å². The highest BCUT2D eigenvalue weighted by Crippen LogP contribution is 2.11. The average Bonchev–Trinajstić information content (AvgIpc) is 2.69. The summed E-state index contributed by atoms with van der Waals surface area (Å²) in [6, 6.07) is 14.7. The second-order valence-corrected chi connectivity index (χ2v) is 6.59. The van der Waals surface area contributed by atoms with Gasteiger partial charge in [-0.25, -0.2) is 0 Å². The molecule has 0 saturated heterocycles. The van der Waals surface area contributed by atoms with E-state index in [2.05, 4.69) is 10.6 Å². The Morgan fingerprint density at radius 3 is 1.89 bits per heavy atom. The van der Waals surface area contributed by atoms with Gasteiger partial charge in [0.2, 0.25) is 5.91 Å². The number of ether oxygens (including phenoxy) is 1. The van der Waals surface area contributed by atoms with E-state index in [9.17, 15) is 14.4 Å². The van der Waals surface area contributed by atoms with Gasteiger partial charge >= 0.3 is 0 Å². The average molecular weight is 382 g/mol. The Bertz CT molecular complexity index is 798. The van der Waals surface area contributed by atoms with Crippen LogP contribution in [0.25, 0.3) is 0 Å². The Kier molecular flexibility index (Phi) is 8.21. The number of aryl methyl sites for hydroxylation is 2. The van der Waals surface area contributed by atoms with Crippen LogP contribution in [-0.2, 0) is 9.59 Å².